The Labute approximate surface area is 117 Å². The minimum Gasteiger partial charge on any atom is -0.478 e. The molecule has 1 amide bonds. The van der Waals surface area contributed by atoms with Gasteiger partial charge < -0.3 is 14.7 Å². The molecule has 0 radical (unpaired) electrons. The van der Waals surface area contributed by atoms with Gasteiger partial charge in [0, 0.05) is 32.9 Å². The van der Waals surface area contributed by atoms with Gasteiger partial charge in [-0.05, 0) is 18.8 Å². The van der Waals surface area contributed by atoms with Gasteiger partial charge >= 0.3 is 5.97 Å². The Hall–Kier alpha value is -1.89. The third-order valence-electron chi connectivity index (χ3n) is 3.56. The lowest BCUT2D eigenvalue weighted by Gasteiger charge is -2.31. The molecule has 0 unspecified atom stereocenters. The third kappa shape index (κ3) is 3.57. The molecule has 0 bridgehead atoms. The fourth-order valence-electron chi connectivity index (χ4n) is 2.42. The van der Waals surface area contributed by atoms with Crippen LogP contribution in [-0.4, -0.2) is 58.5 Å². The molecule has 0 spiro atoms. The van der Waals surface area contributed by atoms with Gasteiger partial charge in [0.25, 0.3) is 0 Å². The van der Waals surface area contributed by atoms with Crippen LogP contribution in [0.15, 0.2) is 12.4 Å². The van der Waals surface area contributed by atoms with Crippen LogP contribution in [0, 0.1) is 5.92 Å². The van der Waals surface area contributed by atoms with Crippen LogP contribution in [0.4, 0.5) is 0 Å². The first-order chi connectivity index (χ1) is 9.60. The first-order valence-corrected chi connectivity index (χ1v) is 6.62. The number of ether oxygens (including phenoxy) is 1. The summed E-state index contributed by atoms with van der Waals surface area (Å²) in [7, 11) is 1.52. The predicted octanol–water partition coefficient (Wildman–Crippen LogP) is 0.466. The number of carboxylic acid groups (broad SMARTS) is 1. The zero-order chi connectivity index (χ0) is 14.5. The molecular weight excluding hydrogens is 262 g/mol. The molecule has 0 aliphatic carbocycles. The van der Waals surface area contributed by atoms with Crippen LogP contribution < -0.4 is 0 Å². The van der Waals surface area contributed by atoms with E-state index in [4.69, 9.17) is 9.84 Å². The monoisotopic (exact) mass is 281 g/mol. The molecule has 7 nitrogen and oxygen atoms in total. The van der Waals surface area contributed by atoms with Crippen molar-refractivity contribution in [3.8, 4) is 0 Å². The molecule has 2 heterocycles. The van der Waals surface area contributed by atoms with Crippen molar-refractivity contribution in [3.63, 3.8) is 0 Å². The van der Waals surface area contributed by atoms with Crippen LogP contribution in [0.2, 0.25) is 0 Å². The van der Waals surface area contributed by atoms with Gasteiger partial charge in [0.15, 0.2) is 0 Å². The number of aromatic nitrogens is 2. The van der Waals surface area contributed by atoms with Gasteiger partial charge in [-0.15, -0.1) is 0 Å². The van der Waals surface area contributed by atoms with Crippen LogP contribution in [0.3, 0.4) is 0 Å². The van der Waals surface area contributed by atoms with Crippen molar-refractivity contribution >= 4 is 11.9 Å². The van der Waals surface area contributed by atoms with E-state index in [2.05, 4.69) is 5.10 Å². The number of carbonyl (C=O) groups is 2. The number of amides is 1. The Kier molecular flexibility index (Phi) is 4.73. The number of piperidine rings is 1. The number of aromatic carboxylic acids is 1. The number of nitrogens with zero attached hydrogens (tertiary/aromatic N) is 3. The number of methoxy groups -OCH3 is 1. The Morgan fingerprint density at radius 1 is 1.45 bits per heavy atom. The topological polar surface area (TPSA) is 84.7 Å². The normalized spacial score (nSPS) is 16.4. The van der Waals surface area contributed by atoms with Crippen molar-refractivity contribution in [2.45, 2.75) is 19.4 Å². The van der Waals surface area contributed by atoms with Gasteiger partial charge in [0.2, 0.25) is 5.91 Å². The number of likely N-dealkylation sites (tertiary alicyclic amines) is 1. The Bertz CT molecular complexity index is 478. The highest BCUT2D eigenvalue weighted by Gasteiger charge is 2.23. The van der Waals surface area contributed by atoms with Crippen molar-refractivity contribution in [3.05, 3.63) is 18.0 Å². The van der Waals surface area contributed by atoms with Crippen molar-refractivity contribution < 1.29 is 19.4 Å². The van der Waals surface area contributed by atoms with Crippen LogP contribution in [-0.2, 0) is 16.1 Å². The standard InChI is InChI=1S/C13H19N3O4/c1-20-9-12(17)15-4-2-10(3-5-15)7-16-8-11(6-14-16)13(18)19/h6,8,10H,2-5,7,9H2,1H3,(H,18,19). The summed E-state index contributed by atoms with van der Waals surface area (Å²) in [6.45, 7) is 2.27. The average Bonchev–Trinajstić information content (AvgIpc) is 2.88. The minimum absolute atomic E-state index is 0.0261. The van der Waals surface area contributed by atoms with Gasteiger partial charge in [-0.2, -0.15) is 5.10 Å². The largest absolute Gasteiger partial charge is 0.478 e. The fraction of sp³-hybridized carbons (Fsp3) is 0.615. The number of hydrogen-bond donors (Lipinski definition) is 1. The summed E-state index contributed by atoms with van der Waals surface area (Å²) < 4.78 is 6.51. The average molecular weight is 281 g/mol. The van der Waals surface area contributed by atoms with Crippen LogP contribution in [0.25, 0.3) is 0 Å². The summed E-state index contributed by atoms with van der Waals surface area (Å²) >= 11 is 0. The predicted molar refractivity (Wildman–Crippen MR) is 70.4 cm³/mol. The van der Waals surface area contributed by atoms with E-state index in [-0.39, 0.29) is 18.1 Å². The zero-order valence-corrected chi connectivity index (χ0v) is 11.5. The first-order valence-electron chi connectivity index (χ1n) is 6.62. The van der Waals surface area contributed by atoms with E-state index in [0.29, 0.717) is 12.5 Å². The lowest BCUT2D eigenvalue weighted by atomic mass is 9.97. The van der Waals surface area contributed by atoms with Crippen LogP contribution in [0.1, 0.15) is 23.2 Å². The van der Waals surface area contributed by atoms with Gasteiger partial charge in [0.1, 0.15) is 6.61 Å². The molecule has 7 heteroatoms. The second-order valence-electron chi connectivity index (χ2n) is 5.01. The molecule has 0 saturated carbocycles. The molecule has 1 fully saturated rings. The highest BCUT2D eigenvalue weighted by atomic mass is 16.5. The Balaban J connectivity index is 1.82. The van der Waals surface area contributed by atoms with Gasteiger partial charge in [0.05, 0.1) is 11.8 Å². The number of carbonyl (C=O) groups excluding carboxylic acids is 1. The number of rotatable bonds is 5. The lowest BCUT2D eigenvalue weighted by Crippen LogP contribution is -2.41. The smallest absolute Gasteiger partial charge is 0.338 e. The molecule has 110 valence electrons. The maximum absolute atomic E-state index is 11.7. The van der Waals surface area contributed by atoms with Crippen molar-refractivity contribution in [2.75, 3.05) is 26.8 Å². The van der Waals surface area contributed by atoms with E-state index in [9.17, 15) is 9.59 Å². The summed E-state index contributed by atoms with van der Waals surface area (Å²) in [6.07, 6.45) is 4.71. The minimum atomic E-state index is -0.962. The zero-order valence-electron chi connectivity index (χ0n) is 11.5. The van der Waals surface area contributed by atoms with Crippen molar-refractivity contribution in [1.29, 1.82) is 0 Å². The molecule has 1 aromatic heterocycles. The summed E-state index contributed by atoms with van der Waals surface area (Å²) in [6, 6.07) is 0. The second-order valence-corrected chi connectivity index (χ2v) is 5.01. The molecule has 20 heavy (non-hydrogen) atoms. The lowest BCUT2D eigenvalue weighted by molar-refractivity contribution is -0.136. The van der Waals surface area contributed by atoms with Crippen molar-refractivity contribution in [2.24, 2.45) is 5.92 Å². The Morgan fingerprint density at radius 3 is 2.70 bits per heavy atom. The van der Waals surface area contributed by atoms with E-state index in [1.807, 2.05) is 4.90 Å². The van der Waals surface area contributed by atoms with E-state index in [1.165, 1.54) is 13.3 Å². The van der Waals surface area contributed by atoms with E-state index < -0.39 is 5.97 Å². The SMILES string of the molecule is COCC(=O)N1CCC(Cn2cc(C(=O)O)cn2)CC1. The molecule has 2 rings (SSSR count). The van der Waals surface area contributed by atoms with Gasteiger partial charge in [-0.1, -0.05) is 0 Å². The summed E-state index contributed by atoms with van der Waals surface area (Å²) in [4.78, 5) is 24.2. The van der Waals surface area contributed by atoms with Crippen LogP contribution >= 0.6 is 0 Å². The molecular formula is C13H19N3O4. The summed E-state index contributed by atoms with van der Waals surface area (Å²) in [5.41, 5.74) is 0.206. The molecule has 1 N–H and O–H groups in total. The number of carboxylic acids is 1. The first kappa shape index (κ1) is 14.5. The highest BCUT2D eigenvalue weighted by molar-refractivity contribution is 5.86. The van der Waals surface area contributed by atoms with Crippen molar-refractivity contribution in [1.82, 2.24) is 14.7 Å². The van der Waals surface area contributed by atoms with Gasteiger partial charge in [-0.25, -0.2) is 4.79 Å². The molecule has 1 aliphatic rings. The molecule has 0 aromatic carbocycles. The Morgan fingerprint density at radius 2 is 2.15 bits per heavy atom. The number of hydrogen-bond acceptors (Lipinski definition) is 4. The summed E-state index contributed by atoms with van der Waals surface area (Å²) in [5.74, 6) is -0.516. The fourth-order valence-corrected chi connectivity index (χ4v) is 2.42. The third-order valence-corrected chi connectivity index (χ3v) is 3.56. The van der Waals surface area contributed by atoms with E-state index in [1.54, 1.807) is 10.9 Å². The van der Waals surface area contributed by atoms with E-state index in [0.717, 1.165) is 25.9 Å². The molecule has 1 saturated heterocycles. The van der Waals surface area contributed by atoms with Gasteiger partial charge in [-0.3, -0.25) is 9.48 Å². The molecule has 1 aliphatic heterocycles. The highest BCUT2D eigenvalue weighted by Crippen LogP contribution is 2.19. The quantitative estimate of drug-likeness (QED) is 0.848. The maximum Gasteiger partial charge on any atom is 0.338 e. The summed E-state index contributed by atoms with van der Waals surface area (Å²) in [5, 5.41) is 12.9. The van der Waals surface area contributed by atoms with Crippen LogP contribution in [0.5, 0.6) is 0 Å². The molecule has 0 atom stereocenters. The second kappa shape index (κ2) is 6.51. The van der Waals surface area contributed by atoms with E-state index >= 15 is 0 Å². The maximum atomic E-state index is 11.7. The molecule has 1 aromatic rings.